The fraction of sp³-hybridized carbons (Fsp3) is 0.545. The first-order valence-corrected chi connectivity index (χ1v) is 4.99. The number of pyridine rings is 1. The first kappa shape index (κ1) is 9.62. The number of hydroxylamine groups is 2. The quantitative estimate of drug-likeness (QED) is 0.742. The van der Waals surface area contributed by atoms with E-state index in [0.29, 0.717) is 0 Å². The Morgan fingerprint density at radius 3 is 2.86 bits per heavy atom. The van der Waals surface area contributed by atoms with Crippen LogP contribution in [-0.4, -0.2) is 20.8 Å². The largest absolute Gasteiger partial charge is 0.313 e. The third kappa shape index (κ3) is 1.53. The lowest BCUT2D eigenvalue weighted by atomic mass is 10.0. The fourth-order valence-electron chi connectivity index (χ4n) is 2.03. The van der Waals surface area contributed by atoms with Gasteiger partial charge in [0.15, 0.2) is 0 Å². The monoisotopic (exact) mass is 192 g/mol. The Kier molecular flexibility index (Phi) is 2.29. The summed E-state index contributed by atoms with van der Waals surface area (Å²) in [4.78, 5) is 4.07. The first-order chi connectivity index (χ1) is 6.61. The van der Waals surface area contributed by atoms with Gasteiger partial charge >= 0.3 is 0 Å². The van der Waals surface area contributed by atoms with Gasteiger partial charge in [-0.1, -0.05) is 6.07 Å². The molecule has 3 heteroatoms. The maximum absolute atomic E-state index is 9.98. The summed E-state index contributed by atoms with van der Waals surface area (Å²) >= 11 is 0. The van der Waals surface area contributed by atoms with Crippen molar-refractivity contribution in [2.24, 2.45) is 0 Å². The predicted octanol–water partition coefficient (Wildman–Crippen LogP) is 2.39. The molecule has 76 valence electrons. The van der Waals surface area contributed by atoms with Crippen LogP contribution in [0.5, 0.6) is 0 Å². The van der Waals surface area contributed by atoms with Crippen molar-refractivity contribution in [3.05, 3.63) is 30.1 Å². The Labute approximate surface area is 84.3 Å². The van der Waals surface area contributed by atoms with Crippen LogP contribution in [0.4, 0.5) is 0 Å². The van der Waals surface area contributed by atoms with E-state index in [4.69, 9.17) is 0 Å². The molecule has 14 heavy (non-hydrogen) atoms. The maximum atomic E-state index is 9.98. The smallest absolute Gasteiger partial charge is 0.0621 e. The van der Waals surface area contributed by atoms with Gasteiger partial charge in [0.25, 0.3) is 0 Å². The summed E-state index contributed by atoms with van der Waals surface area (Å²) in [7, 11) is 0. The zero-order valence-corrected chi connectivity index (χ0v) is 8.64. The highest BCUT2D eigenvalue weighted by Gasteiger charge is 2.39. The van der Waals surface area contributed by atoms with Gasteiger partial charge in [-0.25, -0.2) is 0 Å². The van der Waals surface area contributed by atoms with E-state index in [1.165, 1.54) is 5.06 Å². The molecule has 0 aromatic carbocycles. The molecule has 1 aliphatic heterocycles. The third-order valence-corrected chi connectivity index (χ3v) is 3.01. The van der Waals surface area contributed by atoms with E-state index in [1.807, 2.05) is 18.3 Å². The van der Waals surface area contributed by atoms with Crippen LogP contribution in [-0.2, 0) is 0 Å². The van der Waals surface area contributed by atoms with Gasteiger partial charge in [0.2, 0.25) is 0 Å². The predicted molar refractivity (Wildman–Crippen MR) is 53.9 cm³/mol. The van der Waals surface area contributed by atoms with Gasteiger partial charge < -0.3 is 5.21 Å². The highest BCUT2D eigenvalue weighted by Crippen LogP contribution is 2.40. The number of hydrogen-bond acceptors (Lipinski definition) is 3. The molecule has 0 bridgehead atoms. The summed E-state index contributed by atoms with van der Waals surface area (Å²) in [5, 5.41) is 11.4. The Hall–Kier alpha value is -0.930. The highest BCUT2D eigenvalue weighted by atomic mass is 16.5. The lowest BCUT2D eigenvalue weighted by Gasteiger charge is -2.29. The molecular formula is C11H16N2O. The molecule has 1 fully saturated rings. The van der Waals surface area contributed by atoms with Gasteiger partial charge in [-0.05, 0) is 38.3 Å². The van der Waals surface area contributed by atoms with Crippen molar-refractivity contribution >= 4 is 0 Å². The molecule has 0 aliphatic carbocycles. The zero-order valence-electron chi connectivity index (χ0n) is 8.64. The van der Waals surface area contributed by atoms with Gasteiger partial charge in [-0.2, -0.15) is 5.06 Å². The van der Waals surface area contributed by atoms with E-state index in [1.54, 1.807) is 6.20 Å². The second-order valence-electron chi connectivity index (χ2n) is 4.50. The summed E-state index contributed by atoms with van der Waals surface area (Å²) in [6, 6.07) is 4.04. The van der Waals surface area contributed by atoms with Crippen LogP contribution in [0.15, 0.2) is 24.5 Å². The molecule has 0 radical (unpaired) electrons. The van der Waals surface area contributed by atoms with Crippen molar-refractivity contribution in [3.63, 3.8) is 0 Å². The number of nitrogens with zero attached hydrogens (tertiary/aromatic N) is 2. The second kappa shape index (κ2) is 3.33. The summed E-state index contributed by atoms with van der Waals surface area (Å²) in [5.74, 6) is 0. The van der Waals surface area contributed by atoms with Crippen molar-refractivity contribution in [3.8, 4) is 0 Å². The molecule has 0 spiro atoms. The average Bonchev–Trinajstić information content (AvgIpc) is 2.44. The molecule has 1 unspecified atom stereocenters. The Morgan fingerprint density at radius 1 is 1.57 bits per heavy atom. The minimum atomic E-state index is -0.111. The van der Waals surface area contributed by atoms with Crippen molar-refractivity contribution in [1.29, 1.82) is 0 Å². The van der Waals surface area contributed by atoms with Gasteiger partial charge in [0.05, 0.1) is 6.04 Å². The van der Waals surface area contributed by atoms with Crippen molar-refractivity contribution in [2.75, 3.05) is 0 Å². The lowest BCUT2D eigenvalue weighted by molar-refractivity contribution is -0.165. The van der Waals surface area contributed by atoms with E-state index >= 15 is 0 Å². The van der Waals surface area contributed by atoms with Gasteiger partial charge in [0, 0.05) is 17.9 Å². The van der Waals surface area contributed by atoms with E-state index in [0.717, 1.165) is 18.4 Å². The topological polar surface area (TPSA) is 36.4 Å². The van der Waals surface area contributed by atoms with Crippen LogP contribution in [0.2, 0.25) is 0 Å². The minimum Gasteiger partial charge on any atom is -0.313 e. The van der Waals surface area contributed by atoms with E-state index < -0.39 is 0 Å². The molecule has 1 atom stereocenters. The summed E-state index contributed by atoms with van der Waals surface area (Å²) in [6.45, 7) is 4.12. The second-order valence-corrected chi connectivity index (χ2v) is 4.50. The number of rotatable bonds is 1. The highest BCUT2D eigenvalue weighted by molar-refractivity contribution is 5.16. The van der Waals surface area contributed by atoms with Crippen molar-refractivity contribution < 1.29 is 5.21 Å². The molecule has 3 nitrogen and oxygen atoms in total. The summed E-state index contributed by atoms with van der Waals surface area (Å²) in [5.41, 5.74) is 0.987. The maximum Gasteiger partial charge on any atom is 0.0621 e. The van der Waals surface area contributed by atoms with E-state index in [2.05, 4.69) is 18.8 Å². The summed E-state index contributed by atoms with van der Waals surface area (Å²) < 4.78 is 0. The van der Waals surface area contributed by atoms with Crippen LogP contribution in [0.3, 0.4) is 0 Å². The molecule has 1 N–H and O–H groups in total. The summed E-state index contributed by atoms with van der Waals surface area (Å²) in [6.07, 6.45) is 5.60. The molecule has 2 rings (SSSR count). The Balaban J connectivity index is 2.23. The lowest BCUT2D eigenvalue weighted by Crippen LogP contribution is -2.36. The van der Waals surface area contributed by atoms with Crippen LogP contribution in [0.25, 0.3) is 0 Å². The van der Waals surface area contributed by atoms with E-state index in [-0.39, 0.29) is 11.6 Å². The molecule has 1 aliphatic rings. The van der Waals surface area contributed by atoms with Crippen LogP contribution in [0.1, 0.15) is 38.3 Å². The minimum absolute atomic E-state index is 0.110. The van der Waals surface area contributed by atoms with Crippen LogP contribution in [0, 0.1) is 0 Å². The normalized spacial score (nSPS) is 26.6. The van der Waals surface area contributed by atoms with Gasteiger partial charge in [-0.15, -0.1) is 0 Å². The van der Waals surface area contributed by atoms with Crippen molar-refractivity contribution in [2.45, 2.75) is 38.3 Å². The SMILES string of the molecule is CC1(C)CCC(c2cccnc2)N1O. The number of hydrogen-bond donors (Lipinski definition) is 1. The molecule has 1 aromatic heterocycles. The number of aromatic nitrogens is 1. The molecule has 2 heterocycles. The molecule has 1 aromatic rings. The molecular weight excluding hydrogens is 176 g/mol. The van der Waals surface area contributed by atoms with E-state index in [9.17, 15) is 5.21 Å². The third-order valence-electron chi connectivity index (χ3n) is 3.01. The van der Waals surface area contributed by atoms with Crippen LogP contribution >= 0.6 is 0 Å². The molecule has 0 amide bonds. The van der Waals surface area contributed by atoms with Crippen molar-refractivity contribution in [1.82, 2.24) is 10.0 Å². The Morgan fingerprint density at radius 2 is 2.36 bits per heavy atom. The standard InChI is InChI=1S/C11H16N2O/c1-11(2)6-5-10(13(11)14)9-4-3-7-12-8-9/h3-4,7-8,10,14H,5-6H2,1-2H3. The Bertz CT molecular complexity index is 310. The van der Waals surface area contributed by atoms with Crippen LogP contribution < -0.4 is 0 Å². The van der Waals surface area contributed by atoms with Gasteiger partial charge in [-0.3, -0.25) is 4.98 Å². The zero-order chi connectivity index (χ0) is 10.2. The fourth-order valence-corrected chi connectivity index (χ4v) is 2.03. The first-order valence-electron chi connectivity index (χ1n) is 4.99. The van der Waals surface area contributed by atoms with Gasteiger partial charge in [0.1, 0.15) is 0 Å². The molecule has 0 saturated carbocycles. The molecule has 1 saturated heterocycles. The average molecular weight is 192 g/mol.